The maximum absolute atomic E-state index is 5.89. The summed E-state index contributed by atoms with van der Waals surface area (Å²) >= 11 is 0. The smallest absolute Gasteiger partial charge is 0.128 e. The van der Waals surface area contributed by atoms with Crippen molar-refractivity contribution in [2.75, 3.05) is 7.11 Å². The molecule has 0 saturated carbocycles. The molecule has 1 heterocycles. The molecule has 1 aromatic heterocycles. The van der Waals surface area contributed by atoms with Crippen LogP contribution in [0.5, 0.6) is 11.5 Å². The average molecular weight is 296 g/mol. The van der Waals surface area contributed by atoms with Gasteiger partial charge in [-0.25, -0.2) is 0 Å². The molecule has 0 aliphatic rings. The Morgan fingerprint density at radius 1 is 1.05 bits per heavy atom. The second-order valence-electron chi connectivity index (χ2n) is 5.22. The lowest BCUT2D eigenvalue weighted by Gasteiger charge is -2.08. The van der Waals surface area contributed by atoms with Gasteiger partial charge in [0.15, 0.2) is 0 Å². The summed E-state index contributed by atoms with van der Waals surface area (Å²) in [6.45, 7) is 1.04. The molecule has 0 saturated heterocycles. The molecule has 0 atom stereocenters. The zero-order valence-electron chi connectivity index (χ0n) is 12.9. The third kappa shape index (κ3) is 2.65. The number of methoxy groups -OCH3 is 1. The van der Waals surface area contributed by atoms with E-state index in [9.17, 15) is 0 Å². The second kappa shape index (κ2) is 6.12. The van der Waals surface area contributed by atoms with E-state index in [1.807, 2.05) is 37.4 Å². The van der Waals surface area contributed by atoms with E-state index < -0.39 is 0 Å². The van der Waals surface area contributed by atoms with Crippen LogP contribution >= 0.6 is 0 Å². The molecule has 2 aromatic carbocycles. The second-order valence-corrected chi connectivity index (χ2v) is 5.22. The van der Waals surface area contributed by atoms with Crippen LogP contribution in [0.15, 0.2) is 48.5 Å². The van der Waals surface area contributed by atoms with Gasteiger partial charge in [0.2, 0.25) is 0 Å². The first-order valence-electron chi connectivity index (χ1n) is 7.26. The van der Waals surface area contributed by atoms with Crippen molar-refractivity contribution in [2.45, 2.75) is 13.2 Å². The van der Waals surface area contributed by atoms with Crippen molar-refractivity contribution in [1.29, 1.82) is 0 Å². The summed E-state index contributed by atoms with van der Waals surface area (Å²) in [6, 6.07) is 16.0. The molecule has 3 aromatic rings. The fraction of sp³-hybridized carbons (Fsp3) is 0.222. The highest BCUT2D eigenvalue weighted by molar-refractivity contribution is 5.84. The number of hydrogen-bond donors (Lipinski definition) is 1. The van der Waals surface area contributed by atoms with Gasteiger partial charge in [0.05, 0.1) is 12.8 Å². The lowest BCUT2D eigenvalue weighted by molar-refractivity contribution is 0.295. The monoisotopic (exact) mass is 296 g/mol. The molecule has 22 heavy (non-hydrogen) atoms. The fourth-order valence-corrected chi connectivity index (χ4v) is 2.64. The lowest BCUT2D eigenvalue weighted by atomic mass is 10.1. The summed E-state index contributed by atoms with van der Waals surface area (Å²) < 4.78 is 13.2. The summed E-state index contributed by atoms with van der Waals surface area (Å²) in [5.41, 5.74) is 9.25. The Balaban J connectivity index is 1.86. The average Bonchev–Trinajstić information content (AvgIpc) is 2.89. The number of benzene rings is 2. The van der Waals surface area contributed by atoms with Gasteiger partial charge in [0.25, 0.3) is 0 Å². The van der Waals surface area contributed by atoms with Gasteiger partial charge in [-0.15, -0.1) is 0 Å². The molecule has 0 spiro atoms. The highest BCUT2D eigenvalue weighted by Gasteiger charge is 2.09. The number of nitrogens with two attached hydrogens (primary N) is 1. The van der Waals surface area contributed by atoms with Crippen molar-refractivity contribution >= 4 is 10.9 Å². The molecule has 0 aliphatic heterocycles. The van der Waals surface area contributed by atoms with Gasteiger partial charge in [-0.05, 0) is 29.8 Å². The molecule has 0 bridgehead atoms. The predicted octanol–water partition coefficient (Wildman–Crippen LogP) is 3.22. The summed E-state index contributed by atoms with van der Waals surface area (Å²) in [6.07, 6.45) is 0. The number of rotatable bonds is 5. The van der Waals surface area contributed by atoms with Crippen LogP contribution < -0.4 is 15.2 Å². The number of fused-ring (bicyclic) bond motifs is 1. The Morgan fingerprint density at radius 2 is 1.82 bits per heavy atom. The topological polar surface area (TPSA) is 49.4 Å². The van der Waals surface area contributed by atoms with Crippen molar-refractivity contribution in [3.8, 4) is 11.5 Å². The number of aromatic nitrogens is 1. The third-order valence-electron chi connectivity index (χ3n) is 3.92. The molecule has 0 unspecified atom stereocenters. The zero-order chi connectivity index (χ0) is 15.5. The Morgan fingerprint density at radius 3 is 2.59 bits per heavy atom. The SMILES string of the molecule is COc1cccc(OCc2cc3c(CN)cccc3n2C)c1. The van der Waals surface area contributed by atoms with Crippen LogP contribution in [0, 0.1) is 0 Å². The minimum absolute atomic E-state index is 0.502. The maximum Gasteiger partial charge on any atom is 0.128 e. The maximum atomic E-state index is 5.89. The zero-order valence-corrected chi connectivity index (χ0v) is 12.9. The van der Waals surface area contributed by atoms with E-state index in [1.165, 1.54) is 10.9 Å². The first-order chi connectivity index (χ1) is 10.7. The van der Waals surface area contributed by atoms with Gasteiger partial charge in [-0.2, -0.15) is 0 Å². The quantitative estimate of drug-likeness (QED) is 0.786. The molecule has 0 radical (unpaired) electrons. The van der Waals surface area contributed by atoms with Crippen molar-refractivity contribution in [3.63, 3.8) is 0 Å². The van der Waals surface area contributed by atoms with Gasteiger partial charge < -0.3 is 19.8 Å². The number of aryl methyl sites for hydroxylation is 1. The van der Waals surface area contributed by atoms with Gasteiger partial charge >= 0.3 is 0 Å². The van der Waals surface area contributed by atoms with E-state index in [0.717, 1.165) is 22.8 Å². The van der Waals surface area contributed by atoms with Crippen LogP contribution in [0.1, 0.15) is 11.3 Å². The largest absolute Gasteiger partial charge is 0.497 e. The predicted molar refractivity (Wildman–Crippen MR) is 88.1 cm³/mol. The Bertz CT molecular complexity index is 793. The van der Waals surface area contributed by atoms with E-state index in [1.54, 1.807) is 7.11 Å². The van der Waals surface area contributed by atoms with Crippen LogP contribution in [0.2, 0.25) is 0 Å². The molecule has 0 aliphatic carbocycles. The summed E-state index contributed by atoms with van der Waals surface area (Å²) in [4.78, 5) is 0. The Labute approximate surface area is 130 Å². The van der Waals surface area contributed by atoms with E-state index >= 15 is 0 Å². The molecular formula is C18H20N2O2. The van der Waals surface area contributed by atoms with E-state index in [2.05, 4.69) is 22.8 Å². The highest BCUT2D eigenvalue weighted by atomic mass is 16.5. The normalized spacial score (nSPS) is 10.9. The molecule has 2 N–H and O–H groups in total. The number of ether oxygens (including phenoxy) is 2. The molecule has 0 amide bonds. The van der Waals surface area contributed by atoms with E-state index in [4.69, 9.17) is 15.2 Å². The molecule has 3 rings (SSSR count). The van der Waals surface area contributed by atoms with Crippen LogP contribution in [0.4, 0.5) is 0 Å². The summed E-state index contributed by atoms with van der Waals surface area (Å²) in [5, 5.41) is 1.19. The Hall–Kier alpha value is -2.46. The minimum Gasteiger partial charge on any atom is -0.497 e. The molecule has 0 fully saturated rings. The van der Waals surface area contributed by atoms with Gasteiger partial charge in [0, 0.05) is 30.6 Å². The molecular weight excluding hydrogens is 276 g/mol. The van der Waals surface area contributed by atoms with Crippen molar-refractivity contribution < 1.29 is 9.47 Å². The highest BCUT2D eigenvalue weighted by Crippen LogP contribution is 2.24. The minimum atomic E-state index is 0.502. The van der Waals surface area contributed by atoms with Crippen molar-refractivity contribution in [2.24, 2.45) is 12.8 Å². The van der Waals surface area contributed by atoms with Gasteiger partial charge in [-0.3, -0.25) is 0 Å². The van der Waals surface area contributed by atoms with Crippen LogP contribution in [-0.2, 0) is 20.2 Å². The summed E-state index contributed by atoms with van der Waals surface area (Å²) in [7, 11) is 3.70. The Kier molecular flexibility index (Phi) is 4.02. The molecule has 114 valence electrons. The molecule has 4 heteroatoms. The van der Waals surface area contributed by atoms with Crippen LogP contribution in [0.25, 0.3) is 10.9 Å². The van der Waals surface area contributed by atoms with Crippen LogP contribution in [-0.4, -0.2) is 11.7 Å². The standard InChI is InChI=1S/C18H20N2O2/c1-20-14(9-17-13(11-19)5-3-8-18(17)20)12-22-16-7-4-6-15(10-16)21-2/h3-10H,11-12,19H2,1-2H3. The molecule has 4 nitrogen and oxygen atoms in total. The number of nitrogens with zero attached hydrogens (tertiary/aromatic N) is 1. The van der Waals surface area contributed by atoms with Crippen molar-refractivity contribution in [3.05, 3.63) is 59.8 Å². The first-order valence-corrected chi connectivity index (χ1v) is 7.26. The van der Waals surface area contributed by atoms with Gasteiger partial charge in [-0.1, -0.05) is 18.2 Å². The van der Waals surface area contributed by atoms with E-state index in [0.29, 0.717) is 13.2 Å². The van der Waals surface area contributed by atoms with Crippen molar-refractivity contribution in [1.82, 2.24) is 4.57 Å². The van der Waals surface area contributed by atoms with E-state index in [-0.39, 0.29) is 0 Å². The first kappa shape index (κ1) is 14.5. The third-order valence-corrected chi connectivity index (χ3v) is 3.92. The lowest BCUT2D eigenvalue weighted by Crippen LogP contribution is -2.01. The number of hydrogen-bond acceptors (Lipinski definition) is 3. The van der Waals surface area contributed by atoms with Gasteiger partial charge in [0.1, 0.15) is 18.1 Å². The fourth-order valence-electron chi connectivity index (χ4n) is 2.64. The summed E-state index contributed by atoms with van der Waals surface area (Å²) in [5.74, 6) is 1.59. The van der Waals surface area contributed by atoms with Crippen LogP contribution in [0.3, 0.4) is 0 Å².